The Morgan fingerprint density at radius 3 is 2.20 bits per heavy atom. The Morgan fingerprint density at radius 1 is 1.05 bits per heavy atom. The smallest absolute Gasteiger partial charge is 0.147 e. The molecular formula is C14H24Cl2N4. The van der Waals surface area contributed by atoms with Crippen LogP contribution in [0.2, 0.25) is 10.0 Å². The molecule has 0 unspecified atom stereocenters. The Hall–Kier alpha value is -0.710. The highest BCUT2D eigenvalue weighted by Gasteiger charge is 2.08. The molecule has 0 atom stereocenters. The van der Waals surface area contributed by atoms with Gasteiger partial charge in [-0.3, -0.25) is 0 Å². The summed E-state index contributed by atoms with van der Waals surface area (Å²) in [5.41, 5.74) is 0. The SMILES string of the molecule is CCNc1nc(NCCCN(CC)CC)c(Cl)cc1Cl. The molecule has 6 heteroatoms. The molecule has 0 bridgehead atoms. The van der Waals surface area contributed by atoms with Gasteiger partial charge in [0.1, 0.15) is 11.6 Å². The van der Waals surface area contributed by atoms with Gasteiger partial charge in [-0.15, -0.1) is 0 Å². The van der Waals surface area contributed by atoms with Crippen LogP contribution in [0.5, 0.6) is 0 Å². The van der Waals surface area contributed by atoms with E-state index in [1.807, 2.05) is 6.92 Å². The normalized spacial score (nSPS) is 10.9. The van der Waals surface area contributed by atoms with Crippen molar-refractivity contribution >= 4 is 34.8 Å². The van der Waals surface area contributed by atoms with E-state index in [1.54, 1.807) is 6.07 Å². The van der Waals surface area contributed by atoms with Crippen LogP contribution < -0.4 is 10.6 Å². The van der Waals surface area contributed by atoms with Crippen molar-refractivity contribution in [3.8, 4) is 0 Å². The fourth-order valence-corrected chi connectivity index (χ4v) is 2.42. The molecule has 114 valence electrons. The number of nitrogens with zero attached hydrogens (tertiary/aromatic N) is 2. The predicted octanol–water partition coefficient (Wildman–Crippen LogP) is 3.96. The molecule has 4 nitrogen and oxygen atoms in total. The van der Waals surface area contributed by atoms with Crippen LogP contribution in [0, 0.1) is 0 Å². The maximum Gasteiger partial charge on any atom is 0.147 e. The van der Waals surface area contributed by atoms with Gasteiger partial charge in [-0.05, 0) is 39.0 Å². The summed E-state index contributed by atoms with van der Waals surface area (Å²) in [7, 11) is 0. The number of anilines is 2. The highest BCUT2D eigenvalue weighted by molar-refractivity contribution is 6.37. The summed E-state index contributed by atoms with van der Waals surface area (Å²) < 4.78 is 0. The molecule has 0 aliphatic heterocycles. The van der Waals surface area contributed by atoms with E-state index in [1.165, 1.54) is 0 Å². The van der Waals surface area contributed by atoms with E-state index in [0.29, 0.717) is 21.7 Å². The minimum absolute atomic E-state index is 0.547. The number of hydrogen-bond donors (Lipinski definition) is 2. The first-order chi connectivity index (χ1) is 9.62. The van der Waals surface area contributed by atoms with E-state index in [0.717, 1.165) is 39.1 Å². The summed E-state index contributed by atoms with van der Waals surface area (Å²) in [5, 5.41) is 7.50. The van der Waals surface area contributed by atoms with E-state index < -0.39 is 0 Å². The van der Waals surface area contributed by atoms with Crippen molar-refractivity contribution in [1.82, 2.24) is 9.88 Å². The van der Waals surface area contributed by atoms with E-state index >= 15 is 0 Å². The Labute approximate surface area is 131 Å². The van der Waals surface area contributed by atoms with Gasteiger partial charge in [-0.2, -0.15) is 0 Å². The van der Waals surface area contributed by atoms with Crippen LogP contribution in [0.4, 0.5) is 11.6 Å². The summed E-state index contributed by atoms with van der Waals surface area (Å²) in [4.78, 5) is 6.81. The average Bonchev–Trinajstić information content (AvgIpc) is 2.43. The van der Waals surface area contributed by atoms with Gasteiger partial charge in [0.2, 0.25) is 0 Å². The second-order valence-corrected chi connectivity index (χ2v) is 5.30. The minimum atomic E-state index is 0.547. The Bertz CT molecular complexity index is 408. The zero-order valence-corrected chi connectivity index (χ0v) is 14.0. The lowest BCUT2D eigenvalue weighted by Crippen LogP contribution is -2.25. The highest BCUT2D eigenvalue weighted by atomic mass is 35.5. The maximum atomic E-state index is 6.15. The van der Waals surface area contributed by atoms with Crippen molar-refractivity contribution in [2.24, 2.45) is 0 Å². The molecular weight excluding hydrogens is 295 g/mol. The van der Waals surface area contributed by atoms with Crippen molar-refractivity contribution in [1.29, 1.82) is 0 Å². The van der Waals surface area contributed by atoms with Gasteiger partial charge in [0.15, 0.2) is 0 Å². The lowest BCUT2D eigenvalue weighted by molar-refractivity contribution is 0.303. The van der Waals surface area contributed by atoms with E-state index in [2.05, 4.69) is 34.4 Å². The predicted molar refractivity (Wildman–Crippen MR) is 89.3 cm³/mol. The third kappa shape index (κ3) is 5.35. The molecule has 0 radical (unpaired) electrons. The summed E-state index contributed by atoms with van der Waals surface area (Å²) in [6, 6.07) is 1.72. The lowest BCUT2D eigenvalue weighted by Gasteiger charge is -2.18. The number of rotatable bonds is 9. The monoisotopic (exact) mass is 318 g/mol. The van der Waals surface area contributed by atoms with E-state index in [9.17, 15) is 0 Å². The summed E-state index contributed by atoms with van der Waals surface area (Å²) in [6.45, 7) is 11.2. The Balaban J connectivity index is 2.53. The minimum Gasteiger partial charge on any atom is -0.369 e. The Kier molecular flexibility index (Phi) is 8.04. The topological polar surface area (TPSA) is 40.2 Å². The van der Waals surface area contributed by atoms with E-state index in [4.69, 9.17) is 23.2 Å². The summed E-state index contributed by atoms with van der Waals surface area (Å²) in [6.07, 6.45) is 1.05. The molecule has 1 aromatic rings. The second kappa shape index (κ2) is 9.27. The zero-order chi connectivity index (χ0) is 15.0. The van der Waals surface area contributed by atoms with Crippen LogP contribution in [0.15, 0.2) is 6.07 Å². The van der Waals surface area contributed by atoms with Crippen molar-refractivity contribution < 1.29 is 0 Å². The van der Waals surface area contributed by atoms with Crippen molar-refractivity contribution in [3.63, 3.8) is 0 Å². The molecule has 0 aliphatic rings. The molecule has 1 rings (SSSR count). The quantitative estimate of drug-likeness (QED) is 0.676. The molecule has 2 N–H and O–H groups in total. The van der Waals surface area contributed by atoms with Crippen LogP contribution >= 0.6 is 23.2 Å². The largest absolute Gasteiger partial charge is 0.369 e. The molecule has 0 spiro atoms. The molecule has 0 fully saturated rings. The molecule has 0 aliphatic carbocycles. The van der Waals surface area contributed by atoms with Crippen LogP contribution in [0.3, 0.4) is 0 Å². The summed E-state index contributed by atoms with van der Waals surface area (Å²) >= 11 is 12.2. The van der Waals surface area contributed by atoms with Gasteiger partial charge in [-0.25, -0.2) is 4.98 Å². The van der Waals surface area contributed by atoms with Gasteiger partial charge in [0.25, 0.3) is 0 Å². The third-order valence-corrected chi connectivity index (χ3v) is 3.69. The maximum absolute atomic E-state index is 6.15. The molecule has 20 heavy (non-hydrogen) atoms. The van der Waals surface area contributed by atoms with Crippen LogP contribution in [-0.4, -0.2) is 42.6 Å². The first-order valence-electron chi connectivity index (χ1n) is 7.18. The van der Waals surface area contributed by atoms with Gasteiger partial charge in [0, 0.05) is 13.1 Å². The fraction of sp³-hybridized carbons (Fsp3) is 0.643. The number of halogens is 2. The van der Waals surface area contributed by atoms with Crippen molar-refractivity contribution in [2.75, 3.05) is 43.4 Å². The molecule has 0 aromatic carbocycles. The highest BCUT2D eigenvalue weighted by Crippen LogP contribution is 2.28. The number of nitrogens with one attached hydrogen (secondary N) is 2. The second-order valence-electron chi connectivity index (χ2n) is 4.49. The molecule has 0 saturated carbocycles. The lowest BCUT2D eigenvalue weighted by atomic mass is 10.3. The van der Waals surface area contributed by atoms with Crippen LogP contribution in [-0.2, 0) is 0 Å². The van der Waals surface area contributed by atoms with Crippen LogP contribution in [0.25, 0.3) is 0 Å². The zero-order valence-electron chi connectivity index (χ0n) is 12.5. The van der Waals surface area contributed by atoms with Gasteiger partial charge in [-0.1, -0.05) is 37.0 Å². The van der Waals surface area contributed by atoms with Gasteiger partial charge < -0.3 is 15.5 Å². The van der Waals surface area contributed by atoms with Gasteiger partial charge in [0.05, 0.1) is 10.0 Å². The molecule has 1 aromatic heterocycles. The van der Waals surface area contributed by atoms with Gasteiger partial charge >= 0.3 is 0 Å². The number of pyridine rings is 1. The first kappa shape index (κ1) is 17.3. The molecule has 1 heterocycles. The fourth-order valence-electron chi connectivity index (χ4n) is 1.93. The molecule has 0 amide bonds. The third-order valence-electron chi connectivity index (χ3n) is 3.11. The van der Waals surface area contributed by atoms with Crippen molar-refractivity contribution in [3.05, 3.63) is 16.1 Å². The van der Waals surface area contributed by atoms with Crippen LogP contribution in [0.1, 0.15) is 27.2 Å². The summed E-state index contributed by atoms with van der Waals surface area (Å²) in [5.74, 6) is 1.36. The van der Waals surface area contributed by atoms with E-state index in [-0.39, 0.29) is 0 Å². The average molecular weight is 319 g/mol. The first-order valence-corrected chi connectivity index (χ1v) is 7.94. The Morgan fingerprint density at radius 2 is 1.65 bits per heavy atom. The standard InChI is InChI=1S/C14H24Cl2N4/c1-4-17-13-11(15)10-12(16)14(19-13)18-8-7-9-20(5-2)6-3/h10H,4-9H2,1-3H3,(H2,17,18,19). The van der Waals surface area contributed by atoms with Crippen molar-refractivity contribution in [2.45, 2.75) is 27.2 Å². The number of hydrogen-bond acceptors (Lipinski definition) is 4. The molecule has 0 saturated heterocycles. The number of aromatic nitrogens is 1.